The van der Waals surface area contributed by atoms with E-state index in [-0.39, 0.29) is 5.97 Å². The maximum atomic E-state index is 10.8. The predicted octanol–water partition coefficient (Wildman–Crippen LogP) is 5.46. The molecule has 0 atom stereocenters. The van der Waals surface area contributed by atoms with Gasteiger partial charge in [0, 0.05) is 28.6 Å². The van der Waals surface area contributed by atoms with Crippen molar-refractivity contribution in [3.63, 3.8) is 0 Å². The number of hydrogen-bond donors (Lipinski definition) is 0. The molecule has 1 aromatic heterocycles. The number of carbonyl (C=O) groups excluding carboxylic acids is 1. The molecule has 0 unspecified atom stereocenters. The van der Waals surface area contributed by atoms with Gasteiger partial charge in [0.1, 0.15) is 5.94 Å². The summed E-state index contributed by atoms with van der Waals surface area (Å²) in [6, 6.07) is 15.2. The topological polar surface area (TPSA) is 44.1 Å². The Morgan fingerprint density at radius 3 is 2.64 bits per heavy atom. The lowest BCUT2D eigenvalue weighted by atomic mass is 10.1. The quantitative estimate of drug-likeness (QED) is 0.328. The second-order valence-corrected chi connectivity index (χ2v) is 6.97. The average Bonchev–Trinajstić information content (AvgIpc) is 2.97. The molecular weight excluding hydrogens is 379 g/mol. The smallest absolute Gasteiger partial charge is 0.303 e. The normalized spacial score (nSPS) is 10.7. The van der Waals surface area contributed by atoms with E-state index in [0.29, 0.717) is 16.1 Å². The highest BCUT2D eigenvalue weighted by atomic mass is 35.5. The van der Waals surface area contributed by atoms with Crippen LogP contribution in [0.15, 0.2) is 59.6 Å². The zero-order valence-corrected chi connectivity index (χ0v) is 15.6. The molecule has 3 rings (SSSR count). The van der Waals surface area contributed by atoms with E-state index in [1.807, 2.05) is 54.7 Å². The minimum absolute atomic E-state index is 0.288. The molecule has 3 aromatic rings. The summed E-state index contributed by atoms with van der Waals surface area (Å²) in [5.41, 5.74) is 2.63. The van der Waals surface area contributed by atoms with E-state index in [4.69, 9.17) is 27.9 Å². The Balaban J connectivity index is 1.79. The van der Waals surface area contributed by atoms with Gasteiger partial charge in [0.05, 0.1) is 5.69 Å². The summed E-state index contributed by atoms with van der Waals surface area (Å²) in [5.74, 6) is 0.00613. The summed E-state index contributed by atoms with van der Waals surface area (Å²) in [4.78, 5) is 11.8. The van der Waals surface area contributed by atoms with E-state index in [1.54, 1.807) is 4.68 Å². The van der Waals surface area contributed by atoms with Crippen molar-refractivity contribution in [2.45, 2.75) is 11.8 Å². The van der Waals surface area contributed by atoms with Crippen molar-refractivity contribution >= 4 is 40.9 Å². The lowest BCUT2D eigenvalue weighted by Crippen LogP contribution is -1.96. The van der Waals surface area contributed by atoms with Crippen LogP contribution < -0.4 is 0 Å². The molecular formula is C18H14Cl2N2O2S. The highest BCUT2D eigenvalue weighted by Crippen LogP contribution is 2.30. The van der Waals surface area contributed by atoms with Crippen LogP contribution in [0.5, 0.6) is 0 Å². The molecule has 4 nitrogen and oxygen atoms in total. The second kappa shape index (κ2) is 7.95. The minimum atomic E-state index is -0.288. The fourth-order valence-electron chi connectivity index (χ4n) is 2.21. The lowest BCUT2D eigenvalue weighted by Gasteiger charge is -2.04. The van der Waals surface area contributed by atoms with Crippen molar-refractivity contribution < 1.29 is 9.53 Å². The highest BCUT2D eigenvalue weighted by Gasteiger charge is 2.11. The van der Waals surface area contributed by atoms with Crippen LogP contribution in [-0.2, 0) is 9.53 Å². The zero-order chi connectivity index (χ0) is 17.8. The van der Waals surface area contributed by atoms with Gasteiger partial charge >= 0.3 is 5.97 Å². The molecule has 1 heterocycles. The van der Waals surface area contributed by atoms with Gasteiger partial charge in [0.25, 0.3) is 0 Å². The summed E-state index contributed by atoms with van der Waals surface area (Å²) >= 11 is 13.8. The van der Waals surface area contributed by atoms with Crippen LogP contribution in [0, 0.1) is 0 Å². The third kappa shape index (κ3) is 4.57. The molecule has 128 valence electrons. The molecule has 0 bridgehead atoms. The minimum Gasteiger partial charge on any atom is -0.454 e. The number of halogens is 2. The molecule has 0 spiro atoms. The van der Waals surface area contributed by atoms with Crippen LogP contribution in [0.2, 0.25) is 10.2 Å². The monoisotopic (exact) mass is 392 g/mol. The van der Waals surface area contributed by atoms with Crippen molar-refractivity contribution in [3.05, 3.63) is 64.9 Å². The molecule has 0 aliphatic rings. The van der Waals surface area contributed by atoms with Gasteiger partial charge in [-0.25, -0.2) is 4.68 Å². The standard InChI is InChI=1S/C18H14Cl2N2O2S/c1-12(23)24-11-25-16-7-5-13(6-8-16)17-10-22(21-18(17)20)15-4-2-3-14(19)9-15/h2-10H,11H2,1H3. The first-order valence-corrected chi connectivity index (χ1v) is 9.15. The van der Waals surface area contributed by atoms with E-state index >= 15 is 0 Å². The van der Waals surface area contributed by atoms with Crippen molar-refractivity contribution in [1.82, 2.24) is 9.78 Å². The van der Waals surface area contributed by atoms with Gasteiger partial charge in [-0.05, 0) is 35.9 Å². The number of hydrogen-bond acceptors (Lipinski definition) is 4. The third-order valence-corrected chi connectivity index (χ3v) is 4.75. The van der Waals surface area contributed by atoms with Crippen molar-refractivity contribution in [2.75, 3.05) is 5.94 Å². The molecule has 0 saturated carbocycles. The predicted molar refractivity (Wildman–Crippen MR) is 102 cm³/mol. The highest BCUT2D eigenvalue weighted by molar-refractivity contribution is 7.99. The van der Waals surface area contributed by atoms with Crippen LogP contribution in [0.1, 0.15) is 6.92 Å². The number of esters is 1. The number of ether oxygens (including phenoxy) is 1. The second-order valence-electron chi connectivity index (χ2n) is 5.18. The van der Waals surface area contributed by atoms with E-state index in [1.165, 1.54) is 18.7 Å². The van der Waals surface area contributed by atoms with Gasteiger partial charge in [0.15, 0.2) is 5.15 Å². The maximum absolute atomic E-state index is 10.8. The largest absolute Gasteiger partial charge is 0.454 e. The van der Waals surface area contributed by atoms with Gasteiger partial charge in [-0.1, -0.05) is 53.2 Å². The van der Waals surface area contributed by atoms with E-state index in [0.717, 1.165) is 21.7 Å². The van der Waals surface area contributed by atoms with Gasteiger partial charge in [-0.15, -0.1) is 0 Å². The molecule has 7 heteroatoms. The molecule has 0 aliphatic carbocycles. The van der Waals surface area contributed by atoms with Gasteiger partial charge in [-0.2, -0.15) is 5.10 Å². The van der Waals surface area contributed by atoms with E-state index in [9.17, 15) is 4.79 Å². The Morgan fingerprint density at radius 2 is 1.96 bits per heavy atom. The lowest BCUT2D eigenvalue weighted by molar-refractivity contribution is -0.138. The molecule has 2 aromatic carbocycles. The first-order chi connectivity index (χ1) is 12.0. The Kier molecular flexibility index (Phi) is 5.68. The van der Waals surface area contributed by atoms with Crippen molar-refractivity contribution in [2.24, 2.45) is 0 Å². The number of aromatic nitrogens is 2. The summed E-state index contributed by atoms with van der Waals surface area (Å²) in [6.45, 7) is 1.39. The molecule has 0 amide bonds. The Labute approximate surface area is 159 Å². The Bertz CT molecular complexity index is 894. The summed E-state index contributed by atoms with van der Waals surface area (Å²) < 4.78 is 6.62. The number of rotatable bonds is 5. The van der Waals surface area contributed by atoms with Gasteiger partial charge < -0.3 is 4.74 Å². The fourth-order valence-corrected chi connectivity index (χ4v) is 3.32. The Morgan fingerprint density at radius 1 is 1.20 bits per heavy atom. The van der Waals surface area contributed by atoms with Crippen LogP contribution in [0.25, 0.3) is 16.8 Å². The average molecular weight is 393 g/mol. The molecule has 0 saturated heterocycles. The molecule has 0 aliphatic heterocycles. The number of thioether (sulfide) groups is 1. The van der Waals surface area contributed by atoms with Crippen LogP contribution in [0.4, 0.5) is 0 Å². The van der Waals surface area contributed by atoms with Crippen molar-refractivity contribution in [3.8, 4) is 16.8 Å². The van der Waals surface area contributed by atoms with E-state index < -0.39 is 0 Å². The third-order valence-electron chi connectivity index (χ3n) is 3.40. The fraction of sp³-hybridized carbons (Fsp3) is 0.111. The number of benzene rings is 2. The van der Waals surface area contributed by atoms with Crippen LogP contribution in [-0.4, -0.2) is 21.7 Å². The zero-order valence-electron chi connectivity index (χ0n) is 13.3. The van der Waals surface area contributed by atoms with Crippen LogP contribution >= 0.6 is 35.0 Å². The molecule has 0 N–H and O–H groups in total. The molecule has 25 heavy (non-hydrogen) atoms. The first-order valence-electron chi connectivity index (χ1n) is 7.40. The maximum Gasteiger partial charge on any atom is 0.303 e. The Hall–Kier alpha value is -1.95. The van der Waals surface area contributed by atoms with Gasteiger partial charge in [0.2, 0.25) is 0 Å². The number of nitrogens with zero attached hydrogens (tertiary/aromatic N) is 2. The molecule has 0 radical (unpaired) electrons. The first kappa shape index (κ1) is 17.9. The van der Waals surface area contributed by atoms with E-state index in [2.05, 4.69) is 5.10 Å². The SMILES string of the molecule is CC(=O)OCSc1ccc(-c2cn(-c3cccc(Cl)c3)nc2Cl)cc1. The number of carbonyl (C=O) groups is 1. The summed E-state index contributed by atoms with van der Waals surface area (Å²) in [7, 11) is 0. The van der Waals surface area contributed by atoms with Gasteiger partial charge in [-0.3, -0.25) is 4.79 Å². The molecule has 0 fully saturated rings. The summed E-state index contributed by atoms with van der Waals surface area (Å²) in [6.07, 6.45) is 1.87. The summed E-state index contributed by atoms with van der Waals surface area (Å²) in [5, 5.41) is 5.41. The van der Waals surface area contributed by atoms with Crippen molar-refractivity contribution in [1.29, 1.82) is 0 Å². The van der Waals surface area contributed by atoms with Crippen LogP contribution in [0.3, 0.4) is 0 Å².